The molecule has 0 spiro atoms. The van der Waals surface area contributed by atoms with Crippen LogP contribution in [0.3, 0.4) is 0 Å². The summed E-state index contributed by atoms with van der Waals surface area (Å²) in [5, 5.41) is 0.203. The van der Waals surface area contributed by atoms with Crippen molar-refractivity contribution in [1.82, 2.24) is 9.97 Å². The number of aromatic nitrogens is 2. The lowest BCUT2D eigenvalue weighted by molar-refractivity contribution is 0.417. The molecule has 0 bridgehead atoms. The second-order valence-corrected chi connectivity index (χ2v) is 3.94. The molecule has 5 heteroatoms. The summed E-state index contributed by atoms with van der Waals surface area (Å²) in [5.41, 5.74) is 12.5. The van der Waals surface area contributed by atoms with Crippen LogP contribution < -0.4 is 11.5 Å². The average molecular weight is 215 g/mol. The molecule has 4 N–H and O–H groups in total. The van der Waals surface area contributed by atoms with E-state index in [-0.39, 0.29) is 17.4 Å². The van der Waals surface area contributed by atoms with Crippen LogP contribution in [-0.2, 0) is 0 Å². The van der Waals surface area contributed by atoms with Gasteiger partial charge in [-0.1, -0.05) is 13.8 Å². The average Bonchev–Trinajstić information content (AvgIpc) is 2.15. The standard InChI is InChI=1S/C9H15ClN4/c1-5(2)7(11)8(12)6-3-4-13-9(10)14-6/h3-5,7-8H,11-12H2,1-2H3. The first-order chi connectivity index (χ1) is 6.52. The van der Waals surface area contributed by atoms with Gasteiger partial charge in [0.25, 0.3) is 0 Å². The SMILES string of the molecule is CC(C)C(N)C(N)c1ccnc(Cl)n1. The molecule has 14 heavy (non-hydrogen) atoms. The van der Waals surface area contributed by atoms with E-state index in [0.717, 1.165) is 0 Å². The highest BCUT2D eigenvalue weighted by Gasteiger charge is 2.19. The molecule has 0 fully saturated rings. The Morgan fingerprint density at radius 2 is 2.00 bits per heavy atom. The van der Waals surface area contributed by atoms with Gasteiger partial charge in [-0.25, -0.2) is 9.97 Å². The number of halogens is 1. The summed E-state index contributed by atoms with van der Waals surface area (Å²) < 4.78 is 0. The minimum atomic E-state index is -0.296. The van der Waals surface area contributed by atoms with E-state index in [1.807, 2.05) is 13.8 Å². The van der Waals surface area contributed by atoms with E-state index in [2.05, 4.69) is 9.97 Å². The third kappa shape index (κ3) is 2.64. The number of rotatable bonds is 3. The van der Waals surface area contributed by atoms with Crippen molar-refractivity contribution >= 4 is 11.6 Å². The lowest BCUT2D eigenvalue weighted by Gasteiger charge is -2.22. The van der Waals surface area contributed by atoms with Crippen LogP contribution >= 0.6 is 11.6 Å². The van der Waals surface area contributed by atoms with E-state index in [9.17, 15) is 0 Å². The Balaban J connectivity index is 2.83. The van der Waals surface area contributed by atoms with Crippen molar-refractivity contribution in [3.63, 3.8) is 0 Å². The lowest BCUT2D eigenvalue weighted by Crippen LogP contribution is -2.38. The Morgan fingerprint density at radius 3 is 2.50 bits per heavy atom. The topological polar surface area (TPSA) is 77.8 Å². The molecule has 0 radical (unpaired) electrons. The molecule has 1 heterocycles. The van der Waals surface area contributed by atoms with Gasteiger partial charge in [0.2, 0.25) is 5.28 Å². The Bertz CT molecular complexity index is 303. The Hall–Kier alpha value is -0.710. The third-order valence-electron chi connectivity index (χ3n) is 2.17. The molecular weight excluding hydrogens is 200 g/mol. The van der Waals surface area contributed by atoms with Crippen LogP contribution in [0.4, 0.5) is 0 Å². The van der Waals surface area contributed by atoms with Gasteiger partial charge in [-0.3, -0.25) is 0 Å². The highest BCUT2D eigenvalue weighted by Crippen LogP contribution is 2.16. The number of hydrogen-bond acceptors (Lipinski definition) is 4. The molecule has 0 saturated heterocycles. The van der Waals surface area contributed by atoms with Crippen molar-refractivity contribution < 1.29 is 0 Å². The zero-order valence-corrected chi connectivity index (χ0v) is 9.07. The number of nitrogens with two attached hydrogens (primary N) is 2. The highest BCUT2D eigenvalue weighted by atomic mass is 35.5. The van der Waals surface area contributed by atoms with E-state index in [4.69, 9.17) is 23.1 Å². The van der Waals surface area contributed by atoms with Gasteiger partial charge in [-0.05, 0) is 23.6 Å². The highest BCUT2D eigenvalue weighted by molar-refractivity contribution is 6.28. The zero-order valence-electron chi connectivity index (χ0n) is 8.31. The predicted octanol–water partition coefficient (Wildman–Crippen LogP) is 1.11. The summed E-state index contributed by atoms with van der Waals surface area (Å²) in [4.78, 5) is 7.81. The molecule has 0 aliphatic carbocycles. The van der Waals surface area contributed by atoms with Gasteiger partial charge in [0, 0.05) is 12.2 Å². The second kappa shape index (κ2) is 4.68. The van der Waals surface area contributed by atoms with E-state index >= 15 is 0 Å². The summed E-state index contributed by atoms with van der Waals surface area (Å²) in [5.74, 6) is 0.304. The molecule has 0 amide bonds. The molecule has 1 aromatic heterocycles. The molecule has 2 unspecified atom stereocenters. The Kier molecular flexibility index (Phi) is 3.80. The van der Waals surface area contributed by atoms with Crippen LogP contribution in [0.25, 0.3) is 0 Å². The van der Waals surface area contributed by atoms with E-state index in [1.165, 1.54) is 0 Å². The normalized spacial score (nSPS) is 15.6. The zero-order chi connectivity index (χ0) is 10.7. The van der Waals surface area contributed by atoms with Crippen molar-refractivity contribution in [2.45, 2.75) is 25.9 Å². The first kappa shape index (κ1) is 11.4. The number of nitrogens with zero attached hydrogens (tertiary/aromatic N) is 2. The number of hydrogen-bond donors (Lipinski definition) is 2. The van der Waals surface area contributed by atoms with Crippen molar-refractivity contribution in [1.29, 1.82) is 0 Å². The second-order valence-electron chi connectivity index (χ2n) is 3.60. The van der Waals surface area contributed by atoms with Crippen LogP contribution in [0, 0.1) is 5.92 Å². The molecule has 78 valence electrons. The van der Waals surface area contributed by atoms with Gasteiger partial charge in [0.15, 0.2) is 0 Å². The van der Waals surface area contributed by atoms with Crippen LogP contribution in [0.5, 0.6) is 0 Å². The van der Waals surface area contributed by atoms with Gasteiger partial charge < -0.3 is 11.5 Å². The molecule has 0 aliphatic rings. The fourth-order valence-corrected chi connectivity index (χ4v) is 1.30. The predicted molar refractivity (Wildman–Crippen MR) is 56.8 cm³/mol. The molecule has 4 nitrogen and oxygen atoms in total. The van der Waals surface area contributed by atoms with Gasteiger partial charge in [0.1, 0.15) is 0 Å². The molecule has 0 saturated carbocycles. The van der Waals surface area contributed by atoms with Crippen molar-refractivity contribution in [2.75, 3.05) is 0 Å². The maximum Gasteiger partial charge on any atom is 0.222 e. The maximum absolute atomic E-state index is 5.93. The third-order valence-corrected chi connectivity index (χ3v) is 2.36. The molecule has 0 aromatic carbocycles. The largest absolute Gasteiger partial charge is 0.326 e. The van der Waals surface area contributed by atoms with Gasteiger partial charge in [-0.2, -0.15) is 0 Å². The van der Waals surface area contributed by atoms with E-state index in [1.54, 1.807) is 12.3 Å². The van der Waals surface area contributed by atoms with Crippen LogP contribution in [0.2, 0.25) is 5.28 Å². The van der Waals surface area contributed by atoms with Crippen molar-refractivity contribution in [3.05, 3.63) is 23.2 Å². The fraction of sp³-hybridized carbons (Fsp3) is 0.556. The van der Waals surface area contributed by atoms with Crippen LogP contribution in [0.15, 0.2) is 12.3 Å². The lowest BCUT2D eigenvalue weighted by atomic mass is 9.96. The quantitative estimate of drug-likeness (QED) is 0.739. The van der Waals surface area contributed by atoms with Crippen LogP contribution in [-0.4, -0.2) is 16.0 Å². The molecular formula is C9H15ClN4. The Morgan fingerprint density at radius 1 is 1.36 bits per heavy atom. The molecule has 1 aromatic rings. The van der Waals surface area contributed by atoms with Gasteiger partial charge >= 0.3 is 0 Å². The summed E-state index contributed by atoms with van der Waals surface area (Å²) >= 11 is 5.65. The summed E-state index contributed by atoms with van der Waals surface area (Å²) in [6.07, 6.45) is 1.58. The smallest absolute Gasteiger partial charge is 0.222 e. The Labute approximate surface area is 88.7 Å². The molecule has 1 rings (SSSR count). The minimum Gasteiger partial charge on any atom is -0.326 e. The minimum absolute atomic E-state index is 0.124. The first-order valence-corrected chi connectivity index (χ1v) is 4.89. The van der Waals surface area contributed by atoms with Crippen molar-refractivity contribution in [2.24, 2.45) is 17.4 Å². The van der Waals surface area contributed by atoms with Gasteiger partial charge in [0.05, 0.1) is 11.7 Å². The first-order valence-electron chi connectivity index (χ1n) is 4.52. The molecule has 2 atom stereocenters. The fourth-order valence-electron chi connectivity index (χ4n) is 1.15. The summed E-state index contributed by atoms with van der Waals surface area (Å²) in [6, 6.07) is 1.31. The molecule has 0 aliphatic heterocycles. The van der Waals surface area contributed by atoms with E-state index < -0.39 is 0 Å². The van der Waals surface area contributed by atoms with Crippen molar-refractivity contribution in [3.8, 4) is 0 Å². The monoisotopic (exact) mass is 214 g/mol. The van der Waals surface area contributed by atoms with E-state index in [0.29, 0.717) is 11.6 Å². The summed E-state index contributed by atoms with van der Waals surface area (Å²) in [7, 11) is 0. The maximum atomic E-state index is 5.93. The summed E-state index contributed by atoms with van der Waals surface area (Å²) in [6.45, 7) is 4.04. The van der Waals surface area contributed by atoms with Crippen LogP contribution in [0.1, 0.15) is 25.6 Å². The van der Waals surface area contributed by atoms with Gasteiger partial charge in [-0.15, -0.1) is 0 Å².